The summed E-state index contributed by atoms with van der Waals surface area (Å²) in [6.07, 6.45) is 4.11. The minimum atomic E-state index is -3.74. The Kier molecular flexibility index (Phi) is 6.46. The van der Waals surface area contributed by atoms with Crippen LogP contribution >= 0.6 is 23.2 Å². The summed E-state index contributed by atoms with van der Waals surface area (Å²) >= 11 is 12.1. The van der Waals surface area contributed by atoms with E-state index in [9.17, 15) is 8.42 Å². The molecule has 9 heteroatoms. The third-order valence-electron chi connectivity index (χ3n) is 4.65. The van der Waals surface area contributed by atoms with Crippen LogP contribution < -0.4 is 9.46 Å². The lowest BCUT2D eigenvalue weighted by atomic mass is 9.94. The van der Waals surface area contributed by atoms with Crippen molar-refractivity contribution in [2.45, 2.75) is 49.6 Å². The van der Waals surface area contributed by atoms with E-state index in [0.717, 1.165) is 0 Å². The fourth-order valence-electron chi connectivity index (χ4n) is 3.11. The molecule has 1 aliphatic carbocycles. The number of nitrogens with zero attached hydrogens (tertiary/aromatic N) is 2. The molecule has 1 heterocycles. The van der Waals surface area contributed by atoms with E-state index in [1.54, 1.807) is 19.1 Å². The summed E-state index contributed by atoms with van der Waals surface area (Å²) in [6.45, 7) is 1.73. The zero-order valence-corrected chi connectivity index (χ0v) is 17.5. The number of nitriles is 1. The van der Waals surface area contributed by atoms with Crippen molar-refractivity contribution in [3.63, 3.8) is 0 Å². The number of halogens is 2. The molecular weight excluding hydrogens is 421 g/mol. The summed E-state index contributed by atoms with van der Waals surface area (Å²) in [7, 11) is -3.74. The molecule has 148 valence electrons. The molecule has 0 atom stereocenters. The van der Waals surface area contributed by atoms with E-state index < -0.39 is 10.0 Å². The van der Waals surface area contributed by atoms with Gasteiger partial charge in [0.1, 0.15) is 17.1 Å². The minimum absolute atomic E-state index is 0.0382. The summed E-state index contributed by atoms with van der Waals surface area (Å²) in [5.74, 6) is 0.464. The number of pyridine rings is 1. The number of sulfonamides is 1. The lowest BCUT2D eigenvalue weighted by molar-refractivity contribution is 0.138. The van der Waals surface area contributed by atoms with E-state index in [4.69, 9.17) is 33.2 Å². The van der Waals surface area contributed by atoms with E-state index in [2.05, 4.69) is 9.71 Å². The fraction of sp³-hybridized carbons (Fsp3) is 0.368. The second-order valence-corrected chi connectivity index (χ2v) is 9.24. The number of rotatable bonds is 5. The highest BCUT2D eigenvalue weighted by Crippen LogP contribution is 2.30. The highest BCUT2D eigenvalue weighted by atomic mass is 35.5. The Balaban J connectivity index is 1.59. The summed E-state index contributed by atoms with van der Waals surface area (Å²) < 4.78 is 34.0. The van der Waals surface area contributed by atoms with Gasteiger partial charge in [-0.05, 0) is 56.4 Å². The fourth-order valence-corrected chi connectivity index (χ4v) is 5.24. The first-order valence-electron chi connectivity index (χ1n) is 8.79. The first-order valence-corrected chi connectivity index (χ1v) is 11.0. The molecule has 28 heavy (non-hydrogen) atoms. The van der Waals surface area contributed by atoms with Crippen molar-refractivity contribution >= 4 is 33.2 Å². The minimum Gasteiger partial charge on any atom is -0.474 e. The predicted molar refractivity (Wildman–Crippen MR) is 107 cm³/mol. The topological polar surface area (TPSA) is 92.1 Å². The van der Waals surface area contributed by atoms with Crippen LogP contribution in [0.5, 0.6) is 5.88 Å². The van der Waals surface area contributed by atoms with Gasteiger partial charge < -0.3 is 4.74 Å². The van der Waals surface area contributed by atoms with E-state index in [-0.39, 0.29) is 22.1 Å². The molecule has 3 rings (SSSR count). The molecule has 0 aliphatic heterocycles. The Bertz CT molecular complexity index is 996. The molecule has 1 aliphatic rings. The lowest BCUT2D eigenvalue weighted by Gasteiger charge is -2.29. The maximum absolute atomic E-state index is 12.7. The van der Waals surface area contributed by atoms with E-state index in [0.29, 0.717) is 47.7 Å². The van der Waals surface area contributed by atoms with Gasteiger partial charge in [0.2, 0.25) is 15.9 Å². The molecule has 1 aromatic carbocycles. The van der Waals surface area contributed by atoms with E-state index in [1.165, 1.54) is 18.3 Å². The molecule has 0 spiro atoms. The molecule has 0 amide bonds. The van der Waals surface area contributed by atoms with E-state index in [1.807, 2.05) is 6.07 Å². The molecule has 2 aromatic rings. The Morgan fingerprint density at radius 2 is 1.89 bits per heavy atom. The van der Waals surface area contributed by atoms with Crippen LogP contribution in [0.3, 0.4) is 0 Å². The van der Waals surface area contributed by atoms with Gasteiger partial charge in [0.15, 0.2) is 0 Å². The van der Waals surface area contributed by atoms with Crippen molar-refractivity contribution in [3.05, 3.63) is 51.6 Å². The number of hydrogen-bond acceptors (Lipinski definition) is 5. The van der Waals surface area contributed by atoms with Crippen LogP contribution in [-0.4, -0.2) is 25.5 Å². The van der Waals surface area contributed by atoms with Crippen LogP contribution in [0.4, 0.5) is 0 Å². The van der Waals surface area contributed by atoms with Crippen molar-refractivity contribution in [3.8, 4) is 11.9 Å². The standard InChI is InChI=1S/C19H19Cl2N3O3S/c1-12-8-18(17(21)9-16(12)20)28(25,26)24-14-3-5-15(6-4-14)27-19-7-2-13(10-22)11-23-19/h2,7-9,11,14-15,24H,3-6H2,1H3. The average molecular weight is 440 g/mol. The third-order valence-corrected chi connectivity index (χ3v) is 7.04. The number of aromatic nitrogens is 1. The summed E-state index contributed by atoms with van der Waals surface area (Å²) in [6, 6.07) is 8.07. The van der Waals surface area contributed by atoms with Crippen LogP contribution in [-0.2, 0) is 10.0 Å². The molecule has 0 bridgehead atoms. The summed E-state index contributed by atoms with van der Waals surface area (Å²) in [4.78, 5) is 4.14. The molecule has 0 saturated heterocycles. The van der Waals surface area contributed by atoms with Crippen LogP contribution in [0.25, 0.3) is 0 Å². The first kappa shape index (κ1) is 20.9. The van der Waals surface area contributed by atoms with Crippen LogP contribution in [0, 0.1) is 18.3 Å². The van der Waals surface area contributed by atoms with Gasteiger partial charge in [0, 0.05) is 23.3 Å². The number of benzene rings is 1. The Labute approximate surface area is 174 Å². The van der Waals surface area contributed by atoms with Crippen molar-refractivity contribution in [1.82, 2.24) is 9.71 Å². The van der Waals surface area contributed by atoms with Gasteiger partial charge in [-0.15, -0.1) is 0 Å². The van der Waals surface area contributed by atoms with Crippen LogP contribution in [0.1, 0.15) is 36.8 Å². The zero-order chi connectivity index (χ0) is 20.3. The van der Waals surface area contributed by atoms with Crippen molar-refractivity contribution in [2.24, 2.45) is 0 Å². The summed E-state index contributed by atoms with van der Waals surface area (Å²) in [5.41, 5.74) is 1.13. The number of nitrogens with one attached hydrogen (secondary N) is 1. The number of hydrogen-bond donors (Lipinski definition) is 1. The Morgan fingerprint density at radius 3 is 2.50 bits per heavy atom. The normalized spacial score (nSPS) is 19.8. The van der Waals surface area contributed by atoms with Crippen LogP contribution in [0.2, 0.25) is 10.0 Å². The van der Waals surface area contributed by atoms with Gasteiger partial charge in [-0.2, -0.15) is 5.26 Å². The van der Waals surface area contributed by atoms with Gasteiger partial charge >= 0.3 is 0 Å². The van der Waals surface area contributed by atoms with Crippen molar-refractivity contribution < 1.29 is 13.2 Å². The number of ether oxygens (including phenoxy) is 1. The second-order valence-electron chi connectivity index (χ2n) is 6.74. The van der Waals surface area contributed by atoms with E-state index >= 15 is 0 Å². The molecule has 6 nitrogen and oxygen atoms in total. The average Bonchev–Trinajstić information content (AvgIpc) is 2.66. The first-order chi connectivity index (χ1) is 13.3. The quantitative estimate of drug-likeness (QED) is 0.751. The van der Waals surface area contributed by atoms with Gasteiger partial charge in [-0.25, -0.2) is 18.1 Å². The molecule has 1 aromatic heterocycles. The molecule has 1 fully saturated rings. The second kappa shape index (κ2) is 8.66. The highest BCUT2D eigenvalue weighted by molar-refractivity contribution is 7.89. The lowest BCUT2D eigenvalue weighted by Crippen LogP contribution is -2.39. The molecule has 1 saturated carbocycles. The maximum atomic E-state index is 12.7. The highest BCUT2D eigenvalue weighted by Gasteiger charge is 2.28. The zero-order valence-electron chi connectivity index (χ0n) is 15.2. The molecular formula is C19H19Cl2N3O3S. The maximum Gasteiger partial charge on any atom is 0.242 e. The largest absolute Gasteiger partial charge is 0.474 e. The van der Waals surface area contributed by atoms with Gasteiger partial charge in [0.25, 0.3) is 0 Å². The SMILES string of the molecule is Cc1cc(S(=O)(=O)NC2CCC(Oc3ccc(C#N)cn3)CC2)c(Cl)cc1Cl. The number of aryl methyl sites for hydroxylation is 1. The Hall–Kier alpha value is -1.85. The van der Waals surface area contributed by atoms with Gasteiger partial charge in [-0.3, -0.25) is 0 Å². The summed E-state index contributed by atoms with van der Waals surface area (Å²) in [5, 5.41) is 9.33. The molecule has 1 N–H and O–H groups in total. The monoisotopic (exact) mass is 439 g/mol. The third kappa shape index (κ3) is 4.95. The Morgan fingerprint density at radius 1 is 1.18 bits per heavy atom. The van der Waals surface area contributed by atoms with Crippen LogP contribution in [0.15, 0.2) is 35.4 Å². The predicted octanol–water partition coefficient (Wildman–Crippen LogP) is 4.24. The van der Waals surface area contributed by atoms with Crippen molar-refractivity contribution in [2.75, 3.05) is 0 Å². The van der Waals surface area contributed by atoms with Gasteiger partial charge in [0.05, 0.1) is 10.6 Å². The molecule has 0 radical (unpaired) electrons. The molecule has 0 unspecified atom stereocenters. The van der Waals surface area contributed by atoms with Crippen molar-refractivity contribution in [1.29, 1.82) is 5.26 Å². The van der Waals surface area contributed by atoms with Gasteiger partial charge in [-0.1, -0.05) is 23.2 Å². The smallest absolute Gasteiger partial charge is 0.242 e.